The largest absolute Gasteiger partial charge is 0.495 e. The highest BCUT2D eigenvalue weighted by Crippen LogP contribution is 2.33. The van der Waals surface area contributed by atoms with E-state index in [-0.39, 0.29) is 12.3 Å². The summed E-state index contributed by atoms with van der Waals surface area (Å²) in [5, 5.41) is 0.461. The standard InChI is InChI=1S/C9H8ClNO3/c1-13-8-2-5-3-9(12)11-14-7(5)4-6(8)10/h2,4H,3H2,1H3,(H,11,12). The van der Waals surface area contributed by atoms with Crippen molar-refractivity contribution in [3.8, 4) is 11.5 Å². The SMILES string of the molecule is COc1cc2c(cc1Cl)ONC(=O)C2. The number of fused-ring (bicyclic) bond motifs is 1. The van der Waals surface area contributed by atoms with Crippen molar-refractivity contribution in [1.82, 2.24) is 5.48 Å². The second-order valence-corrected chi connectivity index (χ2v) is 3.31. The number of hydrogen-bond acceptors (Lipinski definition) is 3. The van der Waals surface area contributed by atoms with Gasteiger partial charge in [-0.15, -0.1) is 0 Å². The van der Waals surface area contributed by atoms with Gasteiger partial charge >= 0.3 is 0 Å². The fourth-order valence-electron chi connectivity index (χ4n) is 1.29. The Morgan fingerprint density at radius 2 is 2.36 bits per heavy atom. The van der Waals surface area contributed by atoms with E-state index in [0.717, 1.165) is 5.56 Å². The minimum atomic E-state index is -0.179. The number of hydrogen-bond donors (Lipinski definition) is 1. The quantitative estimate of drug-likeness (QED) is 0.765. The first-order valence-electron chi connectivity index (χ1n) is 4.03. The molecule has 0 bridgehead atoms. The number of methoxy groups -OCH3 is 1. The van der Waals surface area contributed by atoms with Gasteiger partial charge in [-0.3, -0.25) is 4.79 Å². The van der Waals surface area contributed by atoms with Crippen molar-refractivity contribution in [1.29, 1.82) is 0 Å². The summed E-state index contributed by atoms with van der Waals surface area (Å²) in [5.41, 5.74) is 3.04. The van der Waals surface area contributed by atoms with Crippen molar-refractivity contribution in [3.05, 3.63) is 22.7 Å². The summed E-state index contributed by atoms with van der Waals surface area (Å²) in [6.45, 7) is 0. The summed E-state index contributed by atoms with van der Waals surface area (Å²) in [6, 6.07) is 3.32. The molecule has 14 heavy (non-hydrogen) atoms. The van der Waals surface area contributed by atoms with E-state index in [1.165, 1.54) is 7.11 Å². The summed E-state index contributed by atoms with van der Waals surface area (Å²) in [5.74, 6) is 0.931. The Kier molecular flexibility index (Phi) is 2.21. The fraction of sp³-hybridized carbons (Fsp3) is 0.222. The summed E-state index contributed by atoms with van der Waals surface area (Å²) >= 11 is 5.88. The van der Waals surface area contributed by atoms with Crippen molar-refractivity contribution in [2.45, 2.75) is 6.42 Å². The Morgan fingerprint density at radius 3 is 3.07 bits per heavy atom. The summed E-state index contributed by atoms with van der Waals surface area (Å²) in [4.78, 5) is 16.0. The molecular weight excluding hydrogens is 206 g/mol. The fourth-order valence-corrected chi connectivity index (χ4v) is 1.52. The van der Waals surface area contributed by atoms with Gasteiger partial charge in [-0.1, -0.05) is 11.6 Å². The topological polar surface area (TPSA) is 47.6 Å². The summed E-state index contributed by atoms with van der Waals surface area (Å²) in [6.07, 6.45) is 0.281. The highest BCUT2D eigenvalue weighted by molar-refractivity contribution is 6.32. The third-order valence-electron chi connectivity index (χ3n) is 1.96. The number of carbonyl (C=O) groups is 1. The second-order valence-electron chi connectivity index (χ2n) is 2.90. The van der Waals surface area contributed by atoms with Crippen LogP contribution < -0.4 is 15.1 Å². The molecule has 1 aromatic carbocycles. The Labute approximate surface area is 85.7 Å². The molecule has 0 saturated carbocycles. The van der Waals surface area contributed by atoms with Crippen LogP contribution in [0.4, 0.5) is 0 Å². The number of carbonyl (C=O) groups excluding carboxylic acids is 1. The predicted molar refractivity (Wildman–Crippen MR) is 50.5 cm³/mol. The van der Waals surface area contributed by atoms with Crippen molar-refractivity contribution in [2.75, 3.05) is 7.11 Å². The van der Waals surface area contributed by atoms with Crippen LogP contribution in [-0.2, 0) is 11.2 Å². The van der Waals surface area contributed by atoms with Crippen LogP contribution in [0.5, 0.6) is 11.5 Å². The smallest absolute Gasteiger partial charge is 0.257 e. The zero-order chi connectivity index (χ0) is 10.1. The van der Waals surface area contributed by atoms with Gasteiger partial charge in [-0.05, 0) is 6.07 Å². The van der Waals surface area contributed by atoms with E-state index in [0.29, 0.717) is 16.5 Å². The van der Waals surface area contributed by atoms with Crippen LogP contribution in [0.1, 0.15) is 5.56 Å². The average molecular weight is 214 g/mol. The molecule has 1 amide bonds. The Bertz CT molecular complexity index is 392. The molecule has 0 aromatic heterocycles. The molecular formula is C9H8ClNO3. The van der Waals surface area contributed by atoms with Crippen molar-refractivity contribution >= 4 is 17.5 Å². The second kappa shape index (κ2) is 3.38. The van der Waals surface area contributed by atoms with Crippen LogP contribution in [0.2, 0.25) is 5.02 Å². The Hall–Kier alpha value is -1.42. The van der Waals surface area contributed by atoms with Gasteiger partial charge in [0.1, 0.15) is 5.75 Å². The molecule has 0 aliphatic carbocycles. The van der Waals surface area contributed by atoms with Gasteiger partial charge in [0.25, 0.3) is 5.91 Å². The lowest BCUT2D eigenvalue weighted by molar-refractivity contribution is -0.128. The zero-order valence-electron chi connectivity index (χ0n) is 7.46. The van der Waals surface area contributed by atoms with Gasteiger partial charge in [-0.2, -0.15) is 5.48 Å². The van der Waals surface area contributed by atoms with Gasteiger partial charge < -0.3 is 9.57 Å². The zero-order valence-corrected chi connectivity index (χ0v) is 8.22. The number of amides is 1. The molecule has 0 unspecified atom stereocenters. The molecule has 2 rings (SSSR count). The van der Waals surface area contributed by atoms with E-state index in [2.05, 4.69) is 5.48 Å². The first-order valence-corrected chi connectivity index (χ1v) is 4.40. The Morgan fingerprint density at radius 1 is 1.57 bits per heavy atom. The molecule has 4 nitrogen and oxygen atoms in total. The van der Waals surface area contributed by atoms with E-state index in [1.807, 2.05) is 0 Å². The number of ether oxygens (including phenoxy) is 1. The molecule has 1 heterocycles. The lowest BCUT2D eigenvalue weighted by Crippen LogP contribution is -2.33. The highest BCUT2D eigenvalue weighted by Gasteiger charge is 2.18. The van der Waals surface area contributed by atoms with E-state index in [4.69, 9.17) is 21.2 Å². The first kappa shape index (κ1) is 9.15. The van der Waals surface area contributed by atoms with Gasteiger partial charge in [0, 0.05) is 11.6 Å². The van der Waals surface area contributed by atoms with Crippen molar-refractivity contribution in [2.24, 2.45) is 0 Å². The molecule has 0 saturated heterocycles. The molecule has 0 fully saturated rings. The molecule has 0 radical (unpaired) electrons. The number of nitrogens with one attached hydrogen (secondary N) is 1. The molecule has 1 aliphatic rings. The molecule has 74 valence electrons. The lowest BCUT2D eigenvalue weighted by atomic mass is 10.1. The summed E-state index contributed by atoms with van der Waals surface area (Å²) in [7, 11) is 1.53. The van der Waals surface area contributed by atoms with Crippen LogP contribution in [-0.4, -0.2) is 13.0 Å². The third-order valence-corrected chi connectivity index (χ3v) is 2.26. The monoisotopic (exact) mass is 213 g/mol. The first-order chi connectivity index (χ1) is 6.70. The number of benzene rings is 1. The molecule has 5 heteroatoms. The van der Waals surface area contributed by atoms with E-state index in [9.17, 15) is 4.79 Å². The van der Waals surface area contributed by atoms with E-state index in [1.54, 1.807) is 12.1 Å². The molecule has 1 aromatic rings. The van der Waals surface area contributed by atoms with Crippen LogP contribution in [0.3, 0.4) is 0 Å². The minimum absolute atomic E-state index is 0.179. The van der Waals surface area contributed by atoms with E-state index < -0.39 is 0 Å². The van der Waals surface area contributed by atoms with Crippen molar-refractivity contribution < 1.29 is 14.4 Å². The summed E-state index contributed by atoms with van der Waals surface area (Å²) < 4.78 is 5.03. The third kappa shape index (κ3) is 1.48. The molecule has 0 atom stereocenters. The molecule has 1 N–H and O–H groups in total. The maximum atomic E-state index is 11.0. The molecule has 0 spiro atoms. The number of hydroxylamine groups is 1. The highest BCUT2D eigenvalue weighted by atomic mass is 35.5. The lowest BCUT2D eigenvalue weighted by Gasteiger charge is -2.17. The van der Waals surface area contributed by atoms with Crippen LogP contribution in [0.15, 0.2) is 12.1 Å². The minimum Gasteiger partial charge on any atom is -0.495 e. The molecule has 1 aliphatic heterocycles. The average Bonchev–Trinajstić information content (AvgIpc) is 2.17. The number of halogens is 1. The maximum absolute atomic E-state index is 11.0. The van der Waals surface area contributed by atoms with Crippen LogP contribution in [0.25, 0.3) is 0 Å². The van der Waals surface area contributed by atoms with Gasteiger partial charge in [0.05, 0.1) is 18.6 Å². The van der Waals surface area contributed by atoms with Gasteiger partial charge in [0.2, 0.25) is 0 Å². The van der Waals surface area contributed by atoms with Gasteiger partial charge in [0.15, 0.2) is 5.75 Å². The van der Waals surface area contributed by atoms with Crippen molar-refractivity contribution in [3.63, 3.8) is 0 Å². The Balaban J connectivity index is 2.46. The van der Waals surface area contributed by atoms with Crippen LogP contribution in [0, 0.1) is 0 Å². The van der Waals surface area contributed by atoms with Gasteiger partial charge in [-0.25, -0.2) is 0 Å². The maximum Gasteiger partial charge on any atom is 0.257 e. The van der Waals surface area contributed by atoms with Crippen LogP contribution >= 0.6 is 11.6 Å². The predicted octanol–water partition coefficient (Wildman–Crippen LogP) is 1.31. The number of rotatable bonds is 1. The normalized spacial score (nSPS) is 14.0. The van der Waals surface area contributed by atoms with E-state index >= 15 is 0 Å².